The fraction of sp³-hybridized carbons (Fsp3) is 0.355. The average Bonchev–Trinajstić information content (AvgIpc) is 3.54. The lowest BCUT2D eigenvalue weighted by atomic mass is 9.77. The summed E-state index contributed by atoms with van der Waals surface area (Å²) < 4.78 is 7.56. The molecule has 0 radical (unpaired) electrons. The van der Waals surface area contributed by atoms with Crippen molar-refractivity contribution in [2.24, 2.45) is 11.1 Å². The molecule has 2 fully saturated rings. The molecule has 0 saturated carbocycles. The van der Waals surface area contributed by atoms with Crippen molar-refractivity contribution in [1.29, 1.82) is 5.41 Å². The van der Waals surface area contributed by atoms with Crippen LogP contribution >= 0.6 is 0 Å². The zero-order valence-corrected chi connectivity index (χ0v) is 23.3. The number of hydrogen-bond donors (Lipinski definition) is 3. The lowest BCUT2D eigenvalue weighted by Crippen LogP contribution is -2.46. The Bertz CT molecular complexity index is 1610. The maximum atomic E-state index is 13.7. The number of rotatable bonds is 5. The molecule has 0 aliphatic carbocycles. The second-order valence-electron chi connectivity index (χ2n) is 11.2. The predicted molar refractivity (Wildman–Crippen MR) is 157 cm³/mol. The molecule has 3 aromatic rings. The minimum absolute atomic E-state index is 0.0530. The number of fused-ring (bicyclic) bond motifs is 3. The average molecular weight is 555 g/mol. The summed E-state index contributed by atoms with van der Waals surface area (Å²) in [6.45, 7) is 4.22. The Labute approximate surface area is 238 Å². The molecule has 2 saturated heterocycles. The van der Waals surface area contributed by atoms with Crippen molar-refractivity contribution in [2.45, 2.75) is 32.2 Å². The Balaban J connectivity index is 1.18. The summed E-state index contributed by atoms with van der Waals surface area (Å²) in [5.41, 5.74) is 9.24. The van der Waals surface area contributed by atoms with Crippen molar-refractivity contribution in [3.8, 4) is 5.75 Å². The predicted octanol–water partition coefficient (Wildman–Crippen LogP) is 3.56. The number of hydrogen-bond acceptors (Lipinski definition) is 6. The summed E-state index contributed by atoms with van der Waals surface area (Å²) in [6.07, 6.45) is 4.48. The van der Waals surface area contributed by atoms with Crippen LogP contribution in [0.5, 0.6) is 5.75 Å². The Morgan fingerprint density at radius 1 is 1.10 bits per heavy atom. The van der Waals surface area contributed by atoms with E-state index in [1.165, 1.54) is 12.4 Å². The zero-order valence-electron chi connectivity index (χ0n) is 23.3. The molecule has 212 valence electrons. The molecule has 1 unspecified atom stereocenters. The van der Waals surface area contributed by atoms with Gasteiger partial charge in [-0.2, -0.15) is 0 Å². The number of benzene rings is 2. The first kappa shape index (κ1) is 26.6. The lowest BCUT2D eigenvalue weighted by Gasteiger charge is -2.38. The topological polar surface area (TPSA) is 134 Å². The summed E-state index contributed by atoms with van der Waals surface area (Å²) in [4.78, 5) is 43.3. The molecule has 2 aromatic carbocycles. The summed E-state index contributed by atoms with van der Waals surface area (Å²) in [7, 11) is 1.56. The minimum Gasteiger partial charge on any atom is -0.496 e. The number of likely N-dealkylation sites (tertiary alicyclic amines) is 1. The first-order chi connectivity index (χ1) is 19.8. The number of piperidine rings is 1. The van der Waals surface area contributed by atoms with Crippen LogP contribution < -0.4 is 20.7 Å². The van der Waals surface area contributed by atoms with Crippen molar-refractivity contribution in [2.75, 3.05) is 38.2 Å². The highest BCUT2D eigenvalue weighted by molar-refractivity contribution is 6.10. The summed E-state index contributed by atoms with van der Waals surface area (Å²) >= 11 is 0. The first-order valence-electron chi connectivity index (χ1n) is 14.0. The number of carbonyl (C=O) groups is 3. The Kier molecular flexibility index (Phi) is 6.56. The summed E-state index contributed by atoms with van der Waals surface area (Å²) in [6, 6.07) is 13.1. The Hall–Kier alpha value is -4.60. The highest BCUT2D eigenvalue weighted by atomic mass is 16.5. The highest BCUT2D eigenvalue weighted by Gasteiger charge is 2.49. The van der Waals surface area contributed by atoms with E-state index >= 15 is 0 Å². The van der Waals surface area contributed by atoms with Gasteiger partial charge in [0.05, 0.1) is 12.5 Å². The van der Waals surface area contributed by atoms with Crippen molar-refractivity contribution in [3.05, 3.63) is 65.5 Å². The number of nitrogens with two attached hydrogens (primary N) is 1. The molecule has 1 atom stereocenters. The van der Waals surface area contributed by atoms with Crippen molar-refractivity contribution in [3.63, 3.8) is 0 Å². The fourth-order valence-corrected chi connectivity index (χ4v) is 6.58. The molecule has 4 heterocycles. The molecule has 3 amide bonds. The number of anilines is 1. The lowest BCUT2D eigenvalue weighted by molar-refractivity contribution is -0.127. The van der Waals surface area contributed by atoms with E-state index in [1.54, 1.807) is 12.0 Å². The normalized spacial score (nSPS) is 20.3. The van der Waals surface area contributed by atoms with Gasteiger partial charge < -0.3 is 35.6 Å². The van der Waals surface area contributed by atoms with E-state index < -0.39 is 5.41 Å². The van der Waals surface area contributed by atoms with Crippen LogP contribution in [0.3, 0.4) is 0 Å². The standard InChI is InChI=1S/C31H34N6O4/c1-19-18-34-28(38)26-13-20-3-4-21(14-25(20)37(19)26)29(39)35-10-7-31(8-11-35)9-12-36(30(31)40)23-5-6-24(22(16-32)17-33)27(15-23)41-2/h3-6,13-17,19,32H,7-12,18,33H2,1-2H3,(H,34,38)/b22-17+,32-16?. The van der Waals surface area contributed by atoms with Crippen molar-refractivity contribution in [1.82, 2.24) is 14.8 Å². The van der Waals surface area contributed by atoms with Gasteiger partial charge in [0.1, 0.15) is 11.4 Å². The van der Waals surface area contributed by atoms with Gasteiger partial charge in [0.2, 0.25) is 5.91 Å². The number of allylic oxidation sites excluding steroid dienone is 1. The summed E-state index contributed by atoms with van der Waals surface area (Å²) in [5, 5.41) is 11.4. The second kappa shape index (κ2) is 10.1. The van der Waals surface area contributed by atoms with Gasteiger partial charge in [-0.05, 0) is 56.5 Å². The molecule has 0 bridgehead atoms. The number of methoxy groups -OCH3 is 1. The van der Waals surface area contributed by atoms with Crippen LogP contribution in [-0.2, 0) is 4.79 Å². The fourth-order valence-electron chi connectivity index (χ4n) is 6.58. The van der Waals surface area contributed by atoms with Crippen LogP contribution in [0.2, 0.25) is 0 Å². The van der Waals surface area contributed by atoms with E-state index in [9.17, 15) is 14.4 Å². The van der Waals surface area contributed by atoms with Crippen LogP contribution in [0, 0.1) is 10.8 Å². The third-order valence-corrected chi connectivity index (χ3v) is 8.98. The van der Waals surface area contributed by atoms with Crippen LogP contribution in [0.1, 0.15) is 58.6 Å². The molecule has 1 aromatic heterocycles. The third-order valence-electron chi connectivity index (χ3n) is 8.98. The van der Waals surface area contributed by atoms with Crippen LogP contribution in [0.25, 0.3) is 16.5 Å². The number of nitrogens with zero attached hydrogens (tertiary/aromatic N) is 3. The van der Waals surface area contributed by atoms with E-state index in [0.717, 1.165) is 23.0 Å². The smallest absolute Gasteiger partial charge is 0.268 e. The molecular weight excluding hydrogens is 520 g/mol. The van der Waals surface area contributed by atoms with Crippen LogP contribution in [0.4, 0.5) is 5.69 Å². The maximum Gasteiger partial charge on any atom is 0.268 e. The molecule has 10 nitrogen and oxygen atoms in total. The number of carbonyl (C=O) groups excluding carboxylic acids is 3. The van der Waals surface area contributed by atoms with Gasteiger partial charge in [0, 0.05) is 84.0 Å². The van der Waals surface area contributed by atoms with Crippen LogP contribution in [-0.4, -0.2) is 66.7 Å². The van der Waals surface area contributed by atoms with E-state index in [4.69, 9.17) is 15.9 Å². The van der Waals surface area contributed by atoms with Gasteiger partial charge in [-0.1, -0.05) is 6.07 Å². The molecule has 10 heteroatoms. The van der Waals surface area contributed by atoms with Gasteiger partial charge in [0.25, 0.3) is 11.8 Å². The Morgan fingerprint density at radius 2 is 1.85 bits per heavy atom. The second-order valence-corrected chi connectivity index (χ2v) is 11.2. The van der Waals surface area contributed by atoms with Gasteiger partial charge in [-0.25, -0.2) is 0 Å². The number of aromatic nitrogens is 1. The largest absolute Gasteiger partial charge is 0.496 e. The quantitative estimate of drug-likeness (QED) is 0.415. The van der Waals surface area contributed by atoms with Gasteiger partial charge in [-0.15, -0.1) is 0 Å². The molecular formula is C31H34N6O4. The first-order valence-corrected chi connectivity index (χ1v) is 14.0. The van der Waals surface area contributed by atoms with E-state index in [1.807, 2.05) is 51.9 Å². The number of nitrogens with one attached hydrogen (secondary N) is 2. The molecule has 3 aliphatic rings. The Morgan fingerprint density at radius 3 is 2.56 bits per heavy atom. The van der Waals surface area contributed by atoms with E-state index in [0.29, 0.717) is 67.2 Å². The highest BCUT2D eigenvalue weighted by Crippen LogP contribution is 2.44. The maximum absolute atomic E-state index is 13.7. The molecule has 1 spiro atoms. The van der Waals surface area contributed by atoms with E-state index in [2.05, 4.69) is 12.2 Å². The van der Waals surface area contributed by atoms with Gasteiger partial charge >= 0.3 is 0 Å². The molecule has 3 aliphatic heterocycles. The molecule has 4 N–H and O–H groups in total. The van der Waals surface area contributed by atoms with Gasteiger partial charge in [-0.3, -0.25) is 14.4 Å². The molecule has 41 heavy (non-hydrogen) atoms. The van der Waals surface area contributed by atoms with Crippen LogP contribution in [0.15, 0.2) is 48.7 Å². The SMILES string of the molecule is COc1cc(N2CCC3(CCN(C(=O)c4ccc5cc6n(c5c4)C(C)CNC6=O)CC3)C2=O)ccc1/C(C=N)=C/N. The van der Waals surface area contributed by atoms with Gasteiger partial charge in [0.15, 0.2) is 0 Å². The zero-order chi connectivity index (χ0) is 28.9. The number of ether oxygens (including phenoxy) is 1. The van der Waals surface area contributed by atoms with Crippen molar-refractivity contribution >= 4 is 46.1 Å². The number of amides is 3. The van der Waals surface area contributed by atoms with E-state index in [-0.39, 0.29) is 23.8 Å². The minimum atomic E-state index is -0.493. The third kappa shape index (κ3) is 4.25. The molecule has 6 rings (SSSR count). The monoisotopic (exact) mass is 554 g/mol. The van der Waals surface area contributed by atoms with Crippen molar-refractivity contribution < 1.29 is 19.1 Å². The summed E-state index contributed by atoms with van der Waals surface area (Å²) in [5.74, 6) is 0.479.